The molecule has 2 amide bonds. The van der Waals surface area contributed by atoms with Gasteiger partial charge in [-0.25, -0.2) is 5.01 Å². The molecule has 2 saturated carbocycles. The maximum Gasteiger partial charge on any atom is 0.277 e. The SMILES string of the molecule is CCN(CC)c1ccc(C2=C(O)C(=C3C(=O)N(C4C(C)CCCC4C)N=C3CCC3CCCC3)C2=O)c(NC(=O)C(C)(C)CC)c1. The first-order valence-electron chi connectivity index (χ1n) is 17.8. The quantitative estimate of drug-likeness (QED) is 0.241. The second kappa shape index (κ2) is 13.7. The zero-order chi connectivity index (χ0) is 33.3. The molecule has 8 nitrogen and oxygen atoms in total. The van der Waals surface area contributed by atoms with Crippen molar-refractivity contribution < 1.29 is 19.5 Å². The topological polar surface area (TPSA) is 102 Å². The number of carbonyl (C=O) groups is 3. The number of rotatable bonds is 11. The summed E-state index contributed by atoms with van der Waals surface area (Å²) in [6.45, 7) is 15.8. The molecule has 2 N–H and O–H groups in total. The zero-order valence-electron chi connectivity index (χ0n) is 29.0. The molecule has 0 saturated heterocycles. The van der Waals surface area contributed by atoms with Crippen molar-refractivity contribution in [3.05, 3.63) is 40.7 Å². The Morgan fingerprint density at radius 2 is 1.63 bits per heavy atom. The number of ketones is 1. The number of hydrogen-bond donors (Lipinski definition) is 2. The van der Waals surface area contributed by atoms with E-state index in [0.717, 1.165) is 44.5 Å². The number of carbonyl (C=O) groups excluding carboxylic acids is 3. The molecular formula is C38H54N4O4. The number of allylic oxidation sites excluding steroid dienone is 2. The normalized spacial score (nSPS) is 25.7. The van der Waals surface area contributed by atoms with Gasteiger partial charge in [-0.1, -0.05) is 66.7 Å². The lowest BCUT2D eigenvalue weighted by Crippen LogP contribution is -2.45. The Morgan fingerprint density at radius 1 is 0.978 bits per heavy atom. The minimum Gasteiger partial charge on any atom is -0.506 e. The van der Waals surface area contributed by atoms with Gasteiger partial charge in [0.2, 0.25) is 11.7 Å². The van der Waals surface area contributed by atoms with Gasteiger partial charge >= 0.3 is 0 Å². The van der Waals surface area contributed by atoms with Crippen LogP contribution in [0, 0.1) is 23.2 Å². The first-order valence-corrected chi connectivity index (χ1v) is 17.8. The third-order valence-electron chi connectivity index (χ3n) is 11.3. The minimum absolute atomic E-state index is 0.0297. The third kappa shape index (κ3) is 6.28. The van der Waals surface area contributed by atoms with Gasteiger partial charge in [-0.05, 0) is 81.9 Å². The van der Waals surface area contributed by atoms with Gasteiger partial charge in [-0.2, -0.15) is 5.10 Å². The van der Waals surface area contributed by atoms with Crippen molar-refractivity contribution in [1.29, 1.82) is 0 Å². The smallest absolute Gasteiger partial charge is 0.277 e. The van der Waals surface area contributed by atoms with E-state index < -0.39 is 5.41 Å². The largest absolute Gasteiger partial charge is 0.506 e. The van der Waals surface area contributed by atoms with Crippen LogP contribution in [0.2, 0.25) is 0 Å². The van der Waals surface area contributed by atoms with Crippen molar-refractivity contribution in [2.45, 2.75) is 119 Å². The Kier molecular flexibility index (Phi) is 10.1. The molecule has 0 bridgehead atoms. The maximum absolute atomic E-state index is 14.2. The van der Waals surface area contributed by atoms with Crippen molar-refractivity contribution in [2.24, 2.45) is 28.3 Å². The average molecular weight is 631 g/mol. The molecule has 2 fully saturated rings. The molecule has 2 atom stereocenters. The van der Waals surface area contributed by atoms with Crippen LogP contribution < -0.4 is 10.2 Å². The average Bonchev–Trinajstić information content (AvgIpc) is 3.66. The summed E-state index contributed by atoms with van der Waals surface area (Å²) in [4.78, 5) is 43.9. The lowest BCUT2D eigenvalue weighted by molar-refractivity contribution is -0.131. The predicted octanol–water partition coefficient (Wildman–Crippen LogP) is 8.05. The van der Waals surface area contributed by atoms with Gasteiger partial charge in [0.25, 0.3) is 5.91 Å². The molecule has 0 radical (unpaired) electrons. The number of amides is 2. The van der Waals surface area contributed by atoms with E-state index in [-0.39, 0.29) is 46.1 Å². The van der Waals surface area contributed by atoms with Crippen LogP contribution in [0.3, 0.4) is 0 Å². The molecule has 1 heterocycles. The first-order chi connectivity index (χ1) is 21.9. The van der Waals surface area contributed by atoms with E-state index >= 15 is 0 Å². The van der Waals surface area contributed by atoms with Crippen molar-refractivity contribution >= 4 is 40.3 Å². The minimum atomic E-state index is -0.618. The Balaban J connectivity index is 1.57. The van der Waals surface area contributed by atoms with Gasteiger partial charge in [0.1, 0.15) is 5.76 Å². The Morgan fingerprint density at radius 3 is 2.22 bits per heavy atom. The summed E-state index contributed by atoms with van der Waals surface area (Å²) < 4.78 is 0. The number of Topliss-reactive ketones (excluding diaryl/α,β-unsaturated/α-hetero) is 1. The molecule has 250 valence electrons. The van der Waals surface area contributed by atoms with Crippen LogP contribution in [-0.4, -0.2) is 52.6 Å². The first kappa shape index (κ1) is 33.9. The van der Waals surface area contributed by atoms with Crippen molar-refractivity contribution in [1.82, 2.24) is 5.01 Å². The van der Waals surface area contributed by atoms with Gasteiger partial charge in [0.15, 0.2) is 0 Å². The van der Waals surface area contributed by atoms with E-state index in [1.54, 1.807) is 11.1 Å². The number of hydrogen-bond acceptors (Lipinski definition) is 6. The van der Waals surface area contributed by atoms with Crippen LogP contribution in [0.15, 0.2) is 40.2 Å². The number of benzene rings is 1. The van der Waals surface area contributed by atoms with Gasteiger partial charge in [-0.15, -0.1) is 0 Å². The summed E-state index contributed by atoms with van der Waals surface area (Å²) in [6.07, 6.45) is 10.3. The summed E-state index contributed by atoms with van der Waals surface area (Å²) in [5.41, 5.74) is 2.35. The molecule has 8 heteroatoms. The standard InChI is InChI=1S/C38H54N4O4/c1-8-38(6,7)37(46)39-29-22-26(41(9-2)10-3)19-20-27(29)30-34(43)32(35(30)44)31-28(21-18-25-16-11-12-17-25)40-42(36(31)45)33-23(4)14-13-15-24(33)5/h19-20,22-25,33,43H,8-18,21H2,1-7H3,(H,39,46). The molecule has 1 aliphatic heterocycles. The second-order valence-corrected chi connectivity index (χ2v) is 14.7. The Labute approximate surface area is 275 Å². The van der Waals surface area contributed by atoms with Crippen molar-refractivity contribution in [2.75, 3.05) is 23.3 Å². The van der Waals surface area contributed by atoms with Gasteiger partial charge in [0, 0.05) is 29.8 Å². The molecule has 46 heavy (non-hydrogen) atoms. The fourth-order valence-electron chi connectivity index (χ4n) is 7.85. The van der Waals surface area contributed by atoms with Crippen LogP contribution in [0.4, 0.5) is 11.4 Å². The zero-order valence-corrected chi connectivity index (χ0v) is 29.0. The molecule has 0 aromatic heterocycles. The van der Waals surface area contributed by atoms with Crippen molar-refractivity contribution in [3.8, 4) is 0 Å². The fourth-order valence-corrected chi connectivity index (χ4v) is 7.85. The van der Waals surface area contributed by atoms with Crippen molar-refractivity contribution in [3.63, 3.8) is 0 Å². The Hall–Kier alpha value is -3.42. The summed E-state index contributed by atoms with van der Waals surface area (Å²) in [7, 11) is 0. The maximum atomic E-state index is 14.2. The fraction of sp³-hybridized carbons (Fsp3) is 0.632. The van der Waals surface area contributed by atoms with Gasteiger partial charge in [0.05, 0.1) is 34.2 Å². The van der Waals surface area contributed by atoms with Gasteiger partial charge < -0.3 is 15.3 Å². The number of aliphatic hydroxyl groups is 1. The van der Waals surface area contributed by atoms with Gasteiger partial charge in [-0.3, -0.25) is 14.4 Å². The predicted molar refractivity (Wildman–Crippen MR) is 186 cm³/mol. The highest BCUT2D eigenvalue weighted by Crippen LogP contribution is 2.45. The number of anilines is 2. The van der Waals surface area contributed by atoms with Crippen LogP contribution in [0.5, 0.6) is 0 Å². The molecule has 3 aliphatic carbocycles. The highest BCUT2D eigenvalue weighted by Gasteiger charge is 2.47. The van der Waals surface area contributed by atoms with Crippen LogP contribution >= 0.6 is 0 Å². The van der Waals surface area contributed by atoms with E-state index in [1.807, 2.05) is 32.9 Å². The van der Waals surface area contributed by atoms with E-state index in [1.165, 1.54) is 25.7 Å². The van der Waals surface area contributed by atoms with E-state index in [9.17, 15) is 19.5 Å². The highest BCUT2D eigenvalue weighted by atomic mass is 16.3. The highest BCUT2D eigenvalue weighted by molar-refractivity contribution is 6.44. The van der Waals surface area contributed by atoms with E-state index in [0.29, 0.717) is 47.6 Å². The number of nitrogens with zero attached hydrogens (tertiary/aromatic N) is 3. The van der Waals surface area contributed by atoms with Crippen LogP contribution in [-0.2, 0) is 14.4 Å². The molecule has 1 aromatic carbocycles. The molecule has 1 aromatic rings. The summed E-state index contributed by atoms with van der Waals surface area (Å²) in [5, 5.41) is 21.3. The third-order valence-corrected chi connectivity index (χ3v) is 11.3. The number of aliphatic hydroxyl groups excluding tert-OH is 1. The molecule has 2 unspecified atom stereocenters. The van der Waals surface area contributed by atoms with E-state index in [2.05, 4.69) is 37.9 Å². The molecule has 0 spiro atoms. The van der Waals surface area contributed by atoms with Crippen LogP contribution in [0.25, 0.3) is 5.57 Å². The monoisotopic (exact) mass is 630 g/mol. The molecule has 5 rings (SSSR count). The Bertz CT molecular complexity index is 1450. The lowest BCUT2D eigenvalue weighted by atomic mass is 9.77. The number of nitrogens with one attached hydrogen (secondary N) is 1. The molecular weight excluding hydrogens is 576 g/mol. The number of hydrazone groups is 1. The second-order valence-electron chi connectivity index (χ2n) is 14.7. The molecule has 4 aliphatic rings. The van der Waals surface area contributed by atoms with E-state index in [4.69, 9.17) is 5.10 Å². The summed E-state index contributed by atoms with van der Waals surface area (Å²) in [6, 6.07) is 5.58. The summed E-state index contributed by atoms with van der Waals surface area (Å²) >= 11 is 0. The van der Waals surface area contributed by atoms with Crippen LogP contribution in [0.1, 0.15) is 118 Å². The lowest BCUT2D eigenvalue weighted by Gasteiger charge is -2.38. The summed E-state index contributed by atoms with van der Waals surface area (Å²) in [5.74, 6) is 0.225.